The van der Waals surface area contributed by atoms with E-state index < -0.39 is 0 Å². The first kappa shape index (κ1) is 33.7. The number of unbranched alkanes of at least 4 members (excludes halogenated alkanes) is 5. The molecule has 0 spiro atoms. The van der Waals surface area contributed by atoms with Crippen LogP contribution in [0.15, 0.2) is 24.3 Å². The van der Waals surface area contributed by atoms with E-state index >= 15 is 0 Å². The Morgan fingerprint density at radius 3 is 1.77 bits per heavy atom. The van der Waals surface area contributed by atoms with Crippen molar-refractivity contribution < 1.29 is 19.7 Å². The van der Waals surface area contributed by atoms with E-state index in [1.165, 1.54) is 25.7 Å². The first-order valence-corrected chi connectivity index (χ1v) is 15.3. The maximum atomic E-state index is 12.5. The normalized spacial score (nSPS) is 12.6. The number of hydrogen-bond donors (Lipinski definition) is 2. The highest BCUT2D eigenvalue weighted by Crippen LogP contribution is 2.41. The second-order valence-electron chi connectivity index (χ2n) is 14.6. The summed E-state index contributed by atoms with van der Waals surface area (Å²) in [4.78, 5) is 12.5. The summed E-state index contributed by atoms with van der Waals surface area (Å²) in [6, 6.07) is 8.21. The minimum Gasteiger partial charge on any atom is -0.507 e. The molecule has 2 aromatic carbocycles. The molecule has 0 radical (unpaired) electrons. The van der Waals surface area contributed by atoms with Gasteiger partial charge in [0.25, 0.3) is 0 Å². The van der Waals surface area contributed by atoms with Gasteiger partial charge in [-0.25, -0.2) is 0 Å². The number of rotatable bonds is 12. The molecule has 0 unspecified atom stereocenters. The van der Waals surface area contributed by atoms with Gasteiger partial charge in [0.1, 0.15) is 11.5 Å². The Kier molecular flexibility index (Phi) is 11.7. The van der Waals surface area contributed by atoms with Gasteiger partial charge in [0.05, 0.1) is 6.61 Å². The van der Waals surface area contributed by atoms with Gasteiger partial charge in [-0.05, 0) is 62.5 Å². The van der Waals surface area contributed by atoms with Crippen molar-refractivity contribution in [3.63, 3.8) is 0 Å². The van der Waals surface area contributed by atoms with Gasteiger partial charge in [-0.1, -0.05) is 126 Å². The Hall–Kier alpha value is -2.49. The highest BCUT2D eigenvalue weighted by molar-refractivity contribution is 5.69. The number of carbonyl (C=O) groups is 1. The average Bonchev–Trinajstić information content (AvgIpc) is 2.82. The van der Waals surface area contributed by atoms with E-state index in [2.05, 4.69) is 81.4 Å². The second kappa shape index (κ2) is 13.9. The van der Waals surface area contributed by atoms with Gasteiger partial charge in [0.2, 0.25) is 0 Å². The SMILES string of the molecule is CCCCCCCCOC(=O)CCc1cc(Cc2cc(C(C)(C)C)cc(C(C)(C)C)c2O)c(O)c(C(C)(C)C)c1. The van der Waals surface area contributed by atoms with Crippen LogP contribution in [0.1, 0.15) is 148 Å². The number of carbonyl (C=O) groups excluding carboxylic acids is 1. The lowest BCUT2D eigenvalue weighted by molar-refractivity contribution is -0.143. The van der Waals surface area contributed by atoms with Crippen LogP contribution in [0.5, 0.6) is 11.5 Å². The Morgan fingerprint density at radius 1 is 0.700 bits per heavy atom. The molecule has 0 aromatic heterocycles. The van der Waals surface area contributed by atoms with Crippen LogP contribution < -0.4 is 0 Å². The number of phenolic OH excluding ortho intramolecular Hbond substituents is 2. The molecule has 40 heavy (non-hydrogen) atoms. The lowest BCUT2D eigenvalue weighted by Crippen LogP contribution is -2.18. The topological polar surface area (TPSA) is 66.8 Å². The van der Waals surface area contributed by atoms with Gasteiger partial charge in [-0.3, -0.25) is 4.79 Å². The lowest BCUT2D eigenvalue weighted by atomic mass is 9.78. The standard InChI is InChI=1S/C36H56O4/c1-11-12-13-14-15-16-19-40-31(37)18-17-25-20-26(32(38)29(21-25)35(5,6)7)22-27-23-28(34(2,3)4)24-30(33(27)39)36(8,9)10/h20-21,23-24,38-39H,11-19,22H2,1-10H3. The fourth-order valence-electron chi connectivity index (χ4n) is 5.04. The molecule has 0 fully saturated rings. The third kappa shape index (κ3) is 9.85. The predicted molar refractivity (Wildman–Crippen MR) is 168 cm³/mol. The molecule has 0 saturated heterocycles. The zero-order valence-corrected chi connectivity index (χ0v) is 27.1. The number of benzene rings is 2. The summed E-state index contributed by atoms with van der Waals surface area (Å²) < 4.78 is 5.50. The smallest absolute Gasteiger partial charge is 0.306 e. The summed E-state index contributed by atoms with van der Waals surface area (Å²) in [5.74, 6) is 0.381. The molecule has 2 aromatic rings. The monoisotopic (exact) mass is 552 g/mol. The molecular formula is C36H56O4. The van der Waals surface area contributed by atoms with Crippen molar-refractivity contribution in [3.05, 3.63) is 57.6 Å². The molecule has 0 aliphatic rings. The number of aromatic hydroxyl groups is 2. The van der Waals surface area contributed by atoms with Crippen LogP contribution in [0, 0.1) is 0 Å². The van der Waals surface area contributed by atoms with Gasteiger partial charge >= 0.3 is 5.97 Å². The van der Waals surface area contributed by atoms with E-state index in [4.69, 9.17) is 4.74 Å². The van der Waals surface area contributed by atoms with E-state index in [0.717, 1.165) is 46.2 Å². The first-order chi connectivity index (χ1) is 18.4. The van der Waals surface area contributed by atoms with Crippen molar-refractivity contribution in [1.82, 2.24) is 0 Å². The summed E-state index contributed by atoms with van der Waals surface area (Å²) in [5, 5.41) is 22.7. The Bertz CT molecular complexity index is 1120. The van der Waals surface area contributed by atoms with Gasteiger partial charge in [0.15, 0.2) is 0 Å². The Balaban J connectivity index is 2.31. The fraction of sp³-hybridized carbons (Fsp3) is 0.639. The number of hydrogen-bond acceptors (Lipinski definition) is 4. The minimum absolute atomic E-state index is 0.0845. The summed E-state index contributed by atoms with van der Waals surface area (Å²) in [7, 11) is 0. The minimum atomic E-state index is -0.279. The maximum Gasteiger partial charge on any atom is 0.306 e. The van der Waals surface area contributed by atoms with E-state index in [9.17, 15) is 15.0 Å². The third-order valence-corrected chi connectivity index (χ3v) is 7.68. The maximum absolute atomic E-state index is 12.5. The fourth-order valence-corrected chi connectivity index (χ4v) is 5.04. The number of esters is 1. The molecule has 2 N–H and O–H groups in total. The molecule has 0 aliphatic carbocycles. The van der Waals surface area contributed by atoms with E-state index in [-0.39, 0.29) is 28.0 Å². The lowest BCUT2D eigenvalue weighted by Gasteiger charge is -2.28. The van der Waals surface area contributed by atoms with Crippen molar-refractivity contribution >= 4 is 5.97 Å². The molecular weight excluding hydrogens is 496 g/mol. The van der Waals surface area contributed by atoms with Crippen LogP contribution in [0.3, 0.4) is 0 Å². The zero-order valence-electron chi connectivity index (χ0n) is 27.1. The molecule has 0 aliphatic heterocycles. The molecule has 2 rings (SSSR count). The van der Waals surface area contributed by atoms with Crippen LogP contribution in [-0.4, -0.2) is 22.8 Å². The molecule has 4 heteroatoms. The van der Waals surface area contributed by atoms with Crippen molar-refractivity contribution in [2.75, 3.05) is 6.61 Å². The van der Waals surface area contributed by atoms with Gasteiger partial charge in [0, 0.05) is 12.8 Å². The highest BCUT2D eigenvalue weighted by Gasteiger charge is 2.27. The molecule has 0 heterocycles. The van der Waals surface area contributed by atoms with E-state index in [1.807, 2.05) is 12.1 Å². The van der Waals surface area contributed by atoms with Gasteiger partial charge < -0.3 is 14.9 Å². The summed E-state index contributed by atoms with van der Waals surface area (Å²) in [6.07, 6.45) is 8.23. The van der Waals surface area contributed by atoms with Crippen LogP contribution in [0.25, 0.3) is 0 Å². The van der Waals surface area contributed by atoms with Crippen molar-refractivity contribution in [3.8, 4) is 11.5 Å². The quantitative estimate of drug-likeness (QED) is 0.203. The largest absolute Gasteiger partial charge is 0.507 e. The second-order valence-corrected chi connectivity index (χ2v) is 14.6. The predicted octanol–water partition coefficient (Wildman–Crippen LogP) is 9.42. The van der Waals surface area contributed by atoms with Crippen LogP contribution in [0.4, 0.5) is 0 Å². The number of ether oxygens (including phenoxy) is 1. The summed E-state index contributed by atoms with van der Waals surface area (Å²) in [5.41, 5.74) is 4.90. The van der Waals surface area contributed by atoms with E-state index in [1.54, 1.807) is 0 Å². The molecule has 0 atom stereocenters. The number of aryl methyl sites for hydroxylation is 1. The molecule has 0 bridgehead atoms. The molecule has 0 amide bonds. The molecule has 224 valence electrons. The average molecular weight is 553 g/mol. The summed E-state index contributed by atoms with van der Waals surface area (Å²) >= 11 is 0. The van der Waals surface area contributed by atoms with Crippen LogP contribution >= 0.6 is 0 Å². The van der Waals surface area contributed by atoms with Crippen molar-refractivity contribution in [1.29, 1.82) is 0 Å². The molecule has 0 saturated carbocycles. The molecule has 4 nitrogen and oxygen atoms in total. The summed E-state index contributed by atoms with van der Waals surface area (Å²) in [6.45, 7) is 21.8. The Morgan fingerprint density at radius 2 is 1.23 bits per heavy atom. The highest BCUT2D eigenvalue weighted by atomic mass is 16.5. The Labute approximate surface area is 244 Å². The third-order valence-electron chi connectivity index (χ3n) is 7.68. The van der Waals surface area contributed by atoms with Crippen LogP contribution in [0.2, 0.25) is 0 Å². The van der Waals surface area contributed by atoms with Gasteiger partial charge in [-0.15, -0.1) is 0 Å². The first-order valence-electron chi connectivity index (χ1n) is 15.3. The van der Waals surface area contributed by atoms with Crippen LogP contribution in [-0.2, 0) is 38.6 Å². The van der Waals surface area contributed by atoms with Crippen molar-refractivity contribution in [2.24, 2.45) is 0 Å². The number of phenols is 2. The van der Waals surface area contributed by atoms with E-state index in [0.29, 0.717) is 31.6 Å². The zero-order chi connectivity index (χ0) is 30.3. The van der Waals surface area contributed by atoms with Crippen molar-refractivity contribution in [2.45, 2.75) is 143 Å². The van der Waals surface area contributed by atoms with Gasteiger partial charge in [-0.2, -0.15) is 0 Å².